The van der Waals surface area contributed by atoms with Crippen molar-refractivity contribution in [2.24, 2.45) is 0 Å². The summed E-state index contributed by atoms with van der Waals surface area (Å²) in [7, 11) is 0. The van der Waals surface area contributed by atoms with E-state index in [2.05, 4.69) is 23.6 Å². The van der Waals surface area contributed by atoms with Gasteiger partial charge >= 0.3 is 5.97 Å². The first-order chi connectivity index (χ1) is 9.12. The molecule has 1 aliphatic heterocycles. The molecule has 0 aromatic rings. The molecule has 1 fully saturated rings. The van der Waals surface area contributed by atoms with Crippen LogP contribution in [0.4, 0.5) is 0 Å². The van der Waals surface area contributed by atoms with Gasteiger partial charge in [0.25, 0.3) is 0 Å². The van der Waals surface area contributed by atoms with Crippen LogP contribution in [0, 0.1) is 0 Å². The van der Waals surface area contributed by atoms with Gasteiger partial charge < -0.3 is 14.7 Å². The van der Waals surface area contributed by atoms with E-state index in [1.54, 1.807) is 0 Å². The number of aliphatic carboxylic acids is 1. The molecule has 112 valence electrons. The zero-order chi connectivity index (χ0) is 14.3. The lowest BCUT2D eigenvalue weighted by atomic mass is 10.2. The second kappa shape index (κ2) is 8.51. The highest BCUT2D eigenvalue weighted by Crippen LogP contribution is 2.16. The maximum atomic E-state index is 11.0. The van der Waals surface area contributed by atoms with Crippen LogP contribution < -0.4 is 0 Å². The average Bonchev–Trinajstić information content (AvgIpc) is 2.84. The van der Waals surface area contributed by atoms with Crippen LogP contribution in [-0.2, 0) is 9.53 Å². The van der Waals surface area contributed by atoms with Gasteiger partial charge in [-0.1, -0.05) is 13.8 Å². The van der Waals surface area contributed by atoms with Gasteiger partial charge in [-0.2, -0.15) is 0 Å². The summed E-state index contributed by atoms with van der Waals surface area (Å²) in [6, 6.07) is 0.630. The van der Waals surface area contributed by atoms with Gasteiger partial charge in [-0.15, -0.1) is 0 Å². The van der Waals surface area contributed by atoms with Gasteiger partial charge in [-0.3, -0.25) is 4.90 Å². The Bertz CT molecular complexity index is 269. The molecule has 2 atom stereocenters. The zero-order valence-electron chi connectivity index (χ0n) is 12.5. The molecule has 0 aromatic carbocycles. The summed E-state index contributed by atoms with van der Waals surface area (Å²) in [5, 5.41) is 9.04. The Morgan fingerprint density at radius 1 is 1.42 bits per heavy atom. The van der Waals surface area contributed by atoms with Crippen LogP contribution in [0.5, 0.6) is 0 Å². The number of carboxylic acids is 1. The maximum absolute atomic E-state index is 11.0. The number of carboxylic acid groups (broad SMARTS) is 1. The highest BCUT2D eigenvalue weighted by atomic mass is 16.5. The molecule has 1 aliphatic rings. The number of ether oxygens (including phenoxy) is 1. The van der Waals surface area contributed by atoms with Gasteiger partial charge in [0.2, 0.25) is 0 Å². The molecule has 1 heterocycles. The second-order valence-electron chi connectivity index (χ2n) is 5.04. The van der Waals surface area contributed by atoms with Gasteiger partial charge in [0.05, 0.1) is 0 Å². The normalized spacial score (nSPS) is 22.0. The van der Waals surface area contributed by atoms with Crippen molar-refractivity contribution in [2.45, 2.75) is 45.8 Å². The Balaban J connectivity index is 2.33. The van der Waals surface area contributed by atoms with Gasteiger partial charge in [0, 0.05) is 25.7 Å². The number of hydrogen-bond donors (Lipinski definition) is 1. The van der Waals surface area contributed by atoms with E-state index < -0.39 is 12.1 Å². The minimum Gasteiger partial charge on any atom is -0.479 e. The number of hydrogen-bond acceptors (Lipinski definition) is 4. The lowest BCUT2D eigenvalue weighted by Crippen LogP contribution is -2.38. The molecular formula is C14H28N2O3. The van der Waals surface area contributed by atoms with Crippen molar-refractivity contribution >= 4 is 5.97 Å². The van der Waals surface area contributed by atoms with Crippen LogP contribution in [0.1, 0.15) is 33.6 Å². The van der Waals surface area contributed by atoms with E-state index in [4.69, 9.17) is 9.84 Å². The first-order valence-electron chi connectivity index (χ1n) is 7.43. The van der Waals surface area contributed by atoms with Gasteiger partial charge in [0.1, 0.15) is 0 Å². The molecular weight excluding hydrogens is 244 g/mol. The number of likely N-dealkylation sites (tertiary alicyclic amines) is 1. The first kappa shape index (κ1) is 16.4. The summed E-state index contributed by atoms with van der Waals surface area (Å²) >= 11 is 0. The fourth-order valence-corrected chi connectivity index (χ4v) is 2.83. The van der Waals surface area contributed by atoms with Crippen molar-refractivity contribution < 1.29 is 14.6 Å². The van der Waals surface area contributed by atoms with Crippen molar-refractivity contribution in [3.63, 3.8) is 0 Å². The van der Waals surface area contributed by atoms with Gasteiger partial charge in [-0.25, -0.2) is 4.79 Å². The molecule has 5 heteroatoms. The number of nitrogens with zero attached hydrogens (tertiary/aromatic N) is 2. The summed E-state index contributed by atoms with van der Waals surface area (Å²) in [5.74, 6) is -0.846. The summed E-state index contributed by atoms with van der Waals surface area (Å²) in [6.45, 7) is 11.8. The molecule has 0 aliphatic carbocycles. The third kappa shape index (κ3) is 5.09. The Kier molecular flexibility index (Phi) is 7.34. The second-order valence-corrected chi connectivity index (χ2v) is 5.04. The topological polar surface area (TPSA) is 53.0 Å². The third-order valence-electron chi connectivity index (χ3n) is 3.93. The van der Waals surface area contributed by atoms with Crippen molar-refractivity contribution in [2.75, 3.05) is 39.3 Å². The Morgan fingerprint density at radius 2 is 2.11 bits per heavy atom. The standard InChI is InChI=1S/C14H28N2O3/c1-4-16(5-2)12-7-9-15(11-12)10-8-13(14(17)18)19-6-3/h12-13H,4-11H2,1-3H3,(H,17,18). The SMILES string of the molecule is CCOC(CCN1CCC(N(CC)CC)C1)C(=O)O. The Labute approximate surface area is 116 Å². The van der Waals surface area contributed by atoms with Crippen molar-refractivity contribution in [1.82, 2.24) is 9.80 Å². The number of rotatable bonds is 9. The quantitative estimate of drug-likeness (QED) is 0.685. The smallest absolute Gasteiger partial charge is 0.332 e. The fraction of sp³-hybridized carbons (Fsp3) is 0.929. The molecule has 0 aromatic heterocycles. The van der Waals surface area contributed by atoms with Crippen molar-refractivity contribution in [3.05, 3.63) is 0 Å². The summed E-state index contributed by atoms with van der Waals surface area (Å²) < 4.78 is 5.24. The molecule has 1 N–H and O–H groups in total. The average molecular weight is 272 g/mol. The van der Waals surface area contributed by atoms with Crippen molar-refractivity contribution in [3.8, 4) is 0 Å². The largest absolute Gasteiger partial charge is 0.479 e. The monoisotopic (exact) mass is 272 g/mol. The van der Waals surface area contributed by atoms with Crippen LogP contribution in [0.15, 0.2) is 0 Å². The molecule has 0 spiro atoms. The van der Waals surface area contributed by atoms with E-state index in [1.807, 2.05) is 6.92 Å². The predicted molar refractivity (Wildman–Crippen MR) is 75.4 cm³/mol. The summed E-state index contributed by atoms with van der Waals surface area (Å²) in [4.78, 5) is 15.9. The molecule has 0 bridgehead atoms. The Hall–Kier alpha value is -0.650. The molecule has 5 nitrogen and oxygen atoms in total. The zero-order valence-corrected chi connectivity index (χ0v) is 12.5. The fourth-order valence-electron chi connectivity index (χ4n) is 2.83. The maximum Gasteiger partial charge on any atom is 0.332 e. The lowest BCUT2D eigenvalue weighted by Gasteiger charge is -2.26. The predicted octanol–water partition coefficient (Wildman–Crippen LogP) is 1.28. The first-order valence-corrected chi connectivity index (χ1v) is 7.43. The van der Waals surface area contributed by atoms with Gasteiger partial charge in [0.15, 0.2) is 6.10 Å². The van der Waals surface area contributed by atoms with Crippen molar-refractivity contribution in [1.29, 1.82) is 0 Å². The van der Waals surface area contributed by atoms with Crippen LogP contribution >= 0.6 is 0 Å². The van der Waals surface area contributed by atoms with Crippen LogP contribution in [0.25, 0.3) is 0 Å². The summed E-state index contributed by atoms with van der Waals surface area (Å²) in [5.41, 5.74) is 0. The van der Waals surface area contributed by atoms with Crippen LogP contribution in [0.2, 0.25) is 0 Å². The molecule has 0 radical (unpaired) electrons. The van der Waals surface area contributed by atoms with E-state index in [0.29, 0.717) is 19.1 Å². The van der Waals surface area contributed by atoms with E-state index in [0.717, 1.165) is 32.7 Å². The highest BCUT2D eigenvalue weighted by Gasteiger charge is 2.27. The highest BCUT2D eigenvalue weighted by molar-refractivity contribution is 5.72. The third-order valence-corrected chi connectivity index (χ3v) is 3.93. The van der Waals surface area contributed by atoms with E-state index in [-0.39, 0.29) is 0 Å². The Morgan fingerprint density at radius 3 is 2.63 bits per heavy atom. The molecule has 1 saturated heterocycles. The van der Waals surface area contributed by atoms with E-state index in [1.165, 1.54) is 6.42 Å². The van der Waals surface area contributed by atoms with Gasteiger partial charge in [-0.05, 0) is 39.4 Å². The van der Waals surface area contributed by atoms with Crippen LogP contribution in [-0.4, -0.2) is 72.4 Å². The molecule has 0 saturated carbocycles. The molecule has 0 amide bonds. The van der Waals surface area contributed by atoms with E-state index >= 15 is 0 Å². The number of likely N-dealkylation sites (N-methyl/N-ethyl adjacent to an activating group) is 1. The number of carbonyl (C=O) groups is 1. The molecule has 2 unspecified atom stereocenters. The molecule has 19 heavy (non-hydrogen) atoms. The minimum atomic E-state index is -0.846. The summed E-state index contributed by atoms with van der Waals surface area (Å²) in [6.07, 6.45) is 1.11. The van der Waals surface area contributed by atoms with Crippen LogP contribution in [0.3, 0.4) is 0 Å². The molecule has 1 rings (SSSR count). The minimum absolute atomic E-state index is 0.457. The lowest BCUT2D eigenvalue weighted by molar-refractivity contribution is -0.150. The van der Waals surface area contributed by atoms with E-state index in [9.17, 15) is 4.79 Å².